The molecule has 2 aliphatic rings. The third-order valence-corrected chi connectivity index (χ3v) is 7.79. The van der Waals surface area contributed by atoms with Crippen LogP contribution in [0.5, 0.6) is 5.75 Å². The molecule has 1 atom stereocenters. The number of aromatic nitrogens is 5. The lowest BCUT2D eigenvalue weighted by atomic mass is 9.89. The van der Waals surface area contributed by atoms with Gasteiger partial charge in [0.15, 0.2) is 23.0 Å². The molecule has 11 heteroatoms. The van der Waals surface area contributed by atoms with Crippen LogP contribution in [0.15, 0.2) is 43.1 Å². The number of anilines is 2. The summed E-state index contributed by atoms with van der Waals surface area (Å²) < 4.78 is 27.7. The lowest BCUT2D eigenvalue weighted by Crippen LogP contribution is -2.58. The number of pyridine rings is 1. The average Bonchev–Trinajstić information content (AvgIpc) is 3.31. The van der Waals surface area contributed by atoms with E-state index in [4.69, 9.17) is 25.9 Å². The second-order valence-electron chi connectivity index (χ2n) is 10.6. The van der Waals surface area contributed by atoms with Crippen LogP contribution in [0.4, 0.5) is 15.9 Å². The first kappa shape index (κ1) is 25.4. The number of nitrogens with zero attached hydrogens (tertiary/aromatic N) is 6. The van der Waals surface area contributed by atoms with Crippen molar-refractivity contribution in [3.8, 4) is 17.0 Å². The molecule has 3 aromatic heterocycles. The molecule has 1 aliphatic heterocycles. The van der Waals surface area contributed by atoms with E-state index in [0.29, 0.717) is 54.0 Å². The van der Waals surface area contributed by atoms with Crippen LogP contribution < -0.4 is 21.1 Å². The van der Waals surface area contributed by atoms with Crippen molar-refractivity contribution < 1.29 is 13.9 Å². The second kappa shape index (κ2) is 10.4. The molecule has 39 heavy (non-hydrogen) atoms. The largest absolute Gasteiger partial charge is 0.494 e. The minimum atomic E-state index is -0.439. The fourth-order valence-corrected chi connectivity index (χ4v) is 5.39. The Labute approximate surface area is 226 Å². The number of hydrogen-bond acceptors (Lipinski definition) is 9. The van der Waals surface area contributed by atoms with Crippen LogP contribution in [0.25, 0.3) is 22.4 Å². The molecule has 2 fully saturated rings. The van der Waals surface area contributed by atoms with Crippen LogP contribution in [0.3, 0.4) is 0 Å². The summed E-state index contributed by atoms with van der Waals surface area (Å²) in [6, 6.07) is 6.84. The van der Waals surface area contributed by atoms with E-state index in [-0.39, 0.29) is 5.75 Å². The van der Waals surface area contributed by atoms with Gasteiger partial charge in [-0.15, -0.1) is 0 Å². The van der Waals surface area contributed by atoms with E-state index in [9.17, 15) is 4.39 Å². The summed E-state index contributed by atoms with van der Waals surface area (Å²) >= 11 is 0. The number of imidazole rings is 1. The molecule has 1 saturated heterocycles. The van der Waals surface area contributed by atoms with Crippen molar-refractivity contribution in [3.63, 3.8) is 0 Å². The van der Waals surface area contributed by atoms with Crippen molar-refractivity contribution in [2.45, 2.75) is 50.3 Å². The van der Waals surface area contributed by atoms with Crippen molar-refractivity contribution in [2.75, 3.05) is 37.4 Å². The summed E-state index contributed by atoms with van der Waals surface area (Å²) in [7, 11) is 1.45. The van der Waals surface area contributed by atoms with Crippen LogP contribution in [-0.4, -0.2) is 63.0 Å². The number of rotatable bonds is 8. The highest BCUT2D eigenvalue weighted by Gasteiger charge is 2.34. The Morgan fingerprint density at radius 3 is 2.77 bits per heavy atom. The first-order valence-corrected chi connectivity index (χ1v) is 13.3. The predicted molar refractivity (Wildman–Crippen MR) is 147 cm³/mol. The molecule has 0 amide bonds. The van der Waals surface area contributed by atoms with E-state index < -0.39 is 11.4 Å². The van der Waals surface area contributed by atoms with Crippen LogP contribution in [-0.2, 0) is 11.3 Å². The number of hydrogen-bond donors (Lipinski definition) is 2. The molecular formula is C28H33FN8O2. The van der Waals surface area contributed by atoms with Gasteiger partial charge in [-0.1, -0.05) is 0 Å². The maximum atomic E-state index is 14.5. The maximum absolute atomic E-state index is 14.5. The molecule has 1 saturated carbocycles. The number of benzene rings is 1. The molecule has 4 aromatic rings. The summed E-state index contributed by atoms with van der Waals surface area (Å²) in [5, 5.41) is 0. The number of nitrogen functional groups attached to an aromatic ring is 1. The highest BCUT2D eigenvalue weighted by Crippen LogP contribution is 2.33. The quantitative estimate of drug-likeness (QED) is 0.350. The smallest absolute Gasteiger partial charge is 0.165 e. The van der Waals surface area contributed by atoms with Crippen LogP contribution in [0.2, 0.25) is 0 Å². The Morgan fingerprint density at radius 1 is 1.13 bits per heavy atom. The van der Waals surface area contributed by atoms with E-state index in [1.54, 1.807) is 18.5 Å². The van der Waals surface area contributed by atoms with Crippen molar-refractivity contribution >= 4 is 22.7 Å². The molecule has 6 rings (SSSR count). The van der Waals surface area contributed by atoms with E-state index >= 15 is 0 Å². The molecule has 0 unspecified atom stereocenters. The van der Waals surface area contributed by atoms with Crippen molar-refractivity contribution in [1.82, 2.24) is 24.5 Å². The van der Waals surface area contributed by atoms with E-state index in [1.165, 1.54) is 25.9 Å². The average molecular weight is 533 g/mol. The Balaban J connectivity index is 1.35. The van der Waals surface area contributed by atoms with Gasteiger partial charge >= 0.3 is 0 Å². The highest BCUT2D eigenvalue weighted by molar-refractivity contribution is 5.81. The molecule has 4 heterocycles. The summed E-state index contributed by atoms with van der Waals surface area (Å²) in [6.45, 7) is 2.52. The number of piperidine rings is 1. The lowest BCUT2D eigenvalue weighted by molar-refractivity contribution is -0.0249. The molecule has 1 aromatic carbocycles. The molecule has 1 aliphatic carbocycles. The maximum Gasteiger partial charge on any atom is 0.165 e. The molecule has 4 N–H and O–H groups in total. The zero-order valence-electron chi connectivity index (χ0n) is 22.0. The van der Waals surface area contributed by atoms with Gasteiger partial charge in [-0.25, -0.2) is 19.3 Å². The van der Waals surface area contributed by atoms with Gasteiger partial charge in [0.25, 0.3) is 0 Å². The summed E-state index contributed by atoms with van der Waals surface area (Å²) in [6.07, 6.45) is 10.7. The van der Waals surface area contributed by atoms with Gasteiger partial charge in [0.1, 0.15) is 11.8 Å². The number of halogens is 1. The number of ether oxygens (including phenoxy) is 2. The molecule has 0 radical (unpaired) electrons. The fourth-order valence-electron chi connectivity index (χ4n) is 5.39. The molecule has 204 valence electrons. The molecular weight excluding hydrogens is 499 g/mol. The zero-order chi connectivity index (χ0) is 27.0. The van der Waals surface area contributed by atoms with Crippen LogP contribution in [0, 0.1) is 5.82 Å². The monoisotopic (exact) mass is 532 g/mol. The molecule has 0 spiro atoms. The van der Waals surface area contributed by atoms with E-state index in [1.807, 2.05) is 16.8 Å². The van der Waals surface area contributed by atoms with E-state index in [2.05, 4.69) is 19.9 Å². The normalized spacial score (nSPS) is 19.8. The lowest BCUT2D eigenvalue weighted by Gasteiger charge is -2.43. The van der Waals surface area contributed by atoms with Gasteiger partial charge in [0, 0.05) is 18.7 Å². The number of nitrogens with two attached hydrogens (primary N) is 2. The minimum Gasteiger partial charge on any atom is -0.494 e. The second-order valence-corrected chi connectivity index (χ2v) is 10.6. The van der Waals surface area contributed by atoms with E-state index in [0.717, 1.165) is 43.5 Å². The Hall–Kier alpha value is -3.83. The first-order chi connectivity index (χ1) is 18.9. The predicted octanol–water partition coefficient (Wildman–Crippen LogP) is 3.53. The SMILES string of the molecule is COc1ccc(-c2cc(Cn3cnc4c(N)ncnc43)c(N3CCC[C@](N)(COC4CCC4)C3)cn2)cc1F. The Morgan fingerprint density at radius 2 is 2.00 bits per heavy atom. The molecule has 10 nitrogen and oxygen atoms in total. The Kier molecular flexibility index (Phi) is 6.78. The Bertz CT molecular complexity index is 1490. The van der Waals surface area contributed by atoms with Gasteiger partial charge in [0.2, 0.25) is 0 Å². The standard InChI is InChI=1S/C28H33FN8O2/c1-38-24-7-6-18(10-21(24)29)22-11-19(13-37-17-35-25-26(30)33-16-34-27(25)37)23(12-32-22)36-9-3-8-28(31,14-36)15-39-20-4-2-5-20/h6-7,10-12,16-17,20H,2-5,8-9,13-15,31H2,1H3,(H2,30,33,34)/t28-/m1/s1. The van der Waals surface area contributed by atoms with Gasteiger partial charge < -0.3 is 30.4 Å². The molecule has 0 bridgehead atoms. The van der Waals surface area contributed by atoms with Crippen LogP contribution in [0.1, 0.15) is 37.7 Å². The van der Waals surface area contributed by atoms with Crippen molar-refractivity contribution in [2.24, 2.45) is 5.73 Å². The topological polar surface area (TPSA) is 130 Å². The fraction of sp³-hybridized carbons (Fsp3) is 0.429. The summed E-state index contributed by atoms with van der Waals surface area (Å²) in [4.78, 5) is 19.9. The number of fused-ring (bicyclic) bond motifs is 1. The zero-order valence-corrected chi connectivity index (χ0v) is 22.0. The highest BCUT2D eigenvalue weighted by atomic mass is 19.1. The third-order valence-electron chi connectivity index (χ3n) is 7.79. The third kappa shape index (κ3) is 5.11. The van der Waals surface area contributed by atoms with Crippen molar-refractivity contribution in [1.29, 1.82) is 0 Å². The number of methoxy groups -OCH3 is 1. The first-order valence-electron chi connectivity index (χ1n) is 13.3. The summed E-state index contributed by atoms with van der Waals surface area (Å²) in [5.74, 6) is 0.0820. The van der Waals surface area contributed by atoms with Gasteiger partial charge in [-0.3, -0.25) is 4.98 Å². The van der Waals surface area contributed by atoms with Crippen molar-refractivity contribution in [3.05, 3.63) is 54.5 Å². The minimum absolute atomic E-state index is 0.189. The van der Waals surface area contributed by atoms with Gasteiger partial charge in [-0.2, -0.15) is 0 Å². The van der Waals surface area contributed by atoms with Gasteiger partial charge in [-0.05, 0) is 61.9 Å². The summed E-state index contributed by atoms with van der Waals surface area (Å²) in [5.41, 5.74) is 16.9. The van der Waals surface area contributed by atoms with Crippen LogP contribution >= 0.6 is 0 Å². The van der Waals surface area contributed by atoms with Gasteiger partial charge in [0.05, 0.1) is 55.8 Å².